The normalized spacial score (nSPS) is 12.1. The molecule has 1 rings (SSSR count). The summed E-state index contributed by atoms with van der Waals surface area (Å²) < 4.78 is 2.75. The second kappa shape index (κ2) is 2.76. The van der Waals surface area contributed by atoms with Crippen LogP contribution in [0.3, 0.4) is 0 Å². The van der Waals surface area contributed by atoms with Crippen molar-refractivity contribution in [3.63, 3.8) is 0 Å². The summed E-state index contributed by atoms with van der Waals surface area (Å²) in [6.07, 6.45) is 0. The summed E-state index contributed by atoms with van der Waals surface area (Å²) in [5.41, 5.74) is 7.34. The summed E-state index contributed by atoms with van der Waals surface area (Å²) in [6.45, 7) is 8.17. The Kier molecular flexibility index (Phi) is 2.21. The molecule has 0 saturated heterocycles. The van der Waals surface area contributed by atoms with Gasteiger partial charge >= 0.3 is 0 Å². The lowest BCUT2D eigenvalue weighted by Crippen LogP contribution is -2.23. The number of halogens is 1. The van der Waals surface area contributed by atoms with Gasteiger partial charge in [-0.3, -0.25) is 4.68 Å². The maximum absolute atomic E-state index is 5.77. The molecule has 0 unspecified atom stereocenters. The van der Waals surface area contributed by atoms with E-state index in [9.17, 15) is 0 Å². The zero-order chi connectivity index (χ0) is 9.52. The first-order chi connectivity index (χ1) is 5.34. The molecule has 1 aromatic rings. The van der Waals surface area contributed by atoms with Gasteiger partial charge in [0.25, 0.3) is 0 Å². The molecule has 1 aromatic heterocycles. The van der Waals surface area contributed by atoms with Crippen LogP contribution in [0.2, 0.25) is 0 Å². The molecule has 4 heteroatoms. The van der Waals surface area contributed by atoms with Crippen LogP contribution in [0.5, 0.6) is 0 Å². The van der Waals surface area contributed by atoms with Gasteiger partial charge in [0.05, 0.1) is 16.9 Å². The van der Waals surface area contributed by atoms with Crippen LogP contribution in [-0.4, -0.2) is 9.78 Å². The zero-order valence-corrected chi connectivity index (χ0v) is 9.44. The van der Waals surface area contributed by atoms with Crippen LogP contribution in [0.4, 0.5) is 5.69 Å². The average Bonchev–Trinajstić information content (AvgIpc) is 2.15. The molecule has 0 amide bonds. The minimum Gasteiger partial charge on any atom is -0.395 e. The van der Waals surface area contributed by atoms with Gasteiger partial charge in [-0.05, 0) is 43.6 Å². The number of aryl methyl sites for hydroxylation is 1. The van der Waals surface area contributed by atoms with Gasteiger partial charge in [0.15, 0.2) is 0 Å². The highest BCUT2D eigenvalue weighted by atomic mass is 79.9. The average molecular weight is 232 g/mol. The predicted molar refractivity (Wildman–Crippen MR) is 54.1 cm³/mol. The van der Waals surface area contributed by atoms with E-state index in [1.165, 1.54) is 0 Å². The van der Waals surface area contributed by atoms with Crippen LogP contribution in [0.25, 0.3) is 0 Å². The van der Waals surface area contributed by atoms with Crippen molar-refractivity contribution >= 4 is 21.6 Å². The second-order valence-corrected chi connectivity index (χ2v) is 4.62. The molecule has 0 bridgehead atoms. The molecule has 0 aliphatic heterocycles. The molecule has 12 heavy (non-hydrogen) atoms. The highest BCUT2D eigenvalue weighted by molar-refractivity contribution is 9.10. The third kappa shape index (κ3) is 1.48. The van der Waals surface area contributed by atoms with E-state index in [1.807, 2.05) is 11.6 Å². The zero-order valence-electron chi connectivity index (χ0n) is 7.85. The summed E-state index contributed by atoms with van der Waals surface area (Å²) in [7, 11) is 0. The fraction of sp³-hybridized carbons (Fsp3) is 0.625. The van der Waals surface area contributed by atoms with E-state index >= 15 is 0 Å². The Morgan fingerprint density at radius 1 is 1.42 bits per heavy atom. The first kappa shape index (κ1) is 9.58. The molecule has 3 nitrogen and oxygen atoms in total. The minimum absolute atomic E-state index is 0.0266. The first-order valence-electron chi connectivity index (χ1n) is 3.85. The van der Waals surface area contributed by atoms with Gasteiger partial charge in [0.1, 0.15) is 4.60 Å². The molecular weight excluding hydrogens is 218 g/mol. The maximum Gasteiger partial charge on any atom is 0.127 e. The molecule has 0 saturated carbocycles. The standard InChI is InChI=1S/C8H14BrN3/c1-5-6(10)7(9)12(11-5)8(2,3)4/h10H2,1-4H3. The molecule has 0 aliphatic carbocycles. The van der Waals surface area contributed by atoms with Crippen LogP contribution in [0, 0.1) is 6.92 Å². The van der Waals surface area contributed by atoms with Crippen molar-refractivity contribution in [2.45, 2.75) is 33.2 Å². The number of hydrogen-bond donors (Lipinski definition) is 1. The number of rotatable bonds is 0. The topological polar surface area (TPSA) is 43.8 Å². The molecule has 0 aliphatic rings. The number of aromatic nitrogens is 2. The van der Waals surface area contributed by atoms with Gasteiger partial charge in [-0.25, -0.2) is 0 Å². The number of hydrogen-bond acceptors (Lipinski definition) is 2. The smallest absolute Gasteiger partial charge is 0.127 e. The first-order valence-corrected chi connectivity index (χ1v) is 4.64. The molecule has 0 fully saturated rings. The van der Waals surface area contributed by atoms with E-state index in [4.69, 9.17) is 5.73 Å². The fourth-order valence-electron chi connectivity index (χ4n) is 0.956. The second-order valence-electron chi connectivity index (χ2n) is 3.87. The summed E-state index contributed by atoms with van der Waals surface area (Å²) in [5.74, 6) is 0. The molecule has 0 radical (unpaired) electrons. The third-order valence-corrected chi connectivity index (χ3v) is 2.45. The molecule has 2 N–H and O–H groups in total. The van der Waals surface area contributed by atoms with Crippen LogP contribution >= 0.6 is 15.9 Å². The lowest BCUT2D eigenvalue weighted by atomic mass is 10.1. The van der Waals surface area contributed by atoms with Crippen molar-refractivity contribution < 1.29 is 0 Å². The number of nitrogen functional groups attached to an aromatic ring is 1. The maximum atomic E-state index is 5.77. The van der Waals surface area contributed by atoms with Gasteiger partial charge < -0.3 is 5.73 Å². The van der Waals surface area contributed by atoms with Gasteiger partial charge in [0.2, 0.25) is 0 Å². The van der Waals surface area contributed by atoms with Crippen LogP contribution in [0.15, 0.2) is 4.60 Å². The number of nitrogens with zero attached hydrogens (tertiary/aromatic N) is 2. The molecule has 68 valence electrons. The summed E-state index contributed by atoms with van der Waals surface area (Å²) in [5, 5.41) is 4.33. The summed E-state index contributed by atoms with van der Waals surface area (Å²) in [4.78, 5) is 0. The minimum atomic E-state index is -0.0266. The lowest BCUT2D eigenvalue weighted by Gasteiger charge is -2.20. The van der Waals surface area contributed by atoms with E-state index in [0.717, 1.165) is 16.0 Å². The van der Waals surface area contributed by atoms with Gasteiger partial charge in [-0.1, -0.05) is 0 Å². The van der Waals surface area contributed by atoms with Gasteiger partial charge in [0, 0.05) is 0 Å². The van der Waals surface area contributed by atoms with Crippen LogP contribution < -0.4 is 5.73 Å². The van der Waals surface area contributed by atoms with Crippen molar-refractivity contribution in [2.75, 3.05) is 5.73 Å². The Balaban J connectivity index is 3.28. The predicted octanol–water partition coefficient (Wildman–Crippen LogP) is 2.29. The highest BCUT2D eigenvalue weighted by Gasteiger charge is 2.20. The Hall–Kier alpha value is -0.510. The Bertz CT molecular complexity index is 296. The van der Waals surface area contributed by atoms with E-state index < -0.39 is 0 Å². The largest absolute Gasteiger partial charge is 0.395 e. The number of nitrogens with two attached hydrogens (primary N) is 1. The van der Waals surface area contributed by atoms with Crippen LogP contribution in [0.1, 0.15) is 26.5 Å². The SMILES string of the molecule is Cc1nn(C(C)(C)C)c(Br)c1N. The quantitative estimate of drug-likeness (QED) is 0.745. The Morgan fingerprint density at radius 2 is 1.92 bits per heavy atom. The summed E-state index contributed by atoms with van der Waals surface area (Å²) >= 11 is 3.41. The van der Waals surface area contributed by atoms with Gasteiger partial charge in [-0.2, -0.15) is 5.10 Å². The molecular formula is C8H14BrN3. The number of anilines is 1. The molecule has 0 atom stereocenters. The van der Waals surface area contributed by atoms with Crippen molar-refractivity contribution in [1.29, 1.82) is 0 Å². The van der Waals surface area contributed by atoms with E-state index in [1.54, 1.807) is 0 Å². The van der Waals surface area contributed by atoms with Gasteiger partial charge in [-0.15, -0.1) is 0 Å². The van der Waals surface area contributed by atoms with Crippen molar-refractivity contribution in [3.05, 3.63) is 10.3 Å². The monoisotopic (exact) mass is 231 g/mol. The fourth-order valence-corrected chi connectivity index (χ4v) is 1.85. The molecule has 1 heterocycles. The highest BCUT2D eigenvalue weighted by Crippen LogP contribution is 2.27. The molecule has 0 spiro atoms. The van der Waals surface area contributed by atoms with E-state index in [0.29, 0.717) is 0 Å². The molecule has 0 aromatic carbocycles. The Labute approximate surface area is 81.1 Å². The van der Waals surface area contributed by atoms with E-state index in [2.05, 4.69) is 41.8 Å². The Morgan fingerprint density at radius 3 is 2.08 bits per heavy atom. The van der Waals surface area contributed by atoms with Crippen molar-refractivity contribution in [3.8, 4) is 0 Å². The lowest BCUT2D eigenvalue weighted by molar-refractivity contribution is 0.347. The summed E-state index contributed by atoms with van der Waals surface area (Å²) in [6, 6.07) is 0. The van der Waals surface area contributed by atoms with E-state index in [-0.39, 0.29) is 5.54 Å². The van der Waals surface area contributed by atoms with Crippen LogP contribution in [-0.2, 0) is 5.54 Å². The third-order valence-electron chi connectivity index (χ3n) is 1.68. The van der Waals surface area contributed by atoms with Crippen molar-refractivity contribution in [1.82, 2.24) is 9.78 Å². The van der Waals surface area contributed by atoms with Crippen molar-refractivity contribution in [2.24, 2.45) is 0 Å².